The summed E-state index contributed by atoms with van der Waals surface area (Å²) in [4.78, 5) is 12.6. The second-order valence-corrected chi connectivity index (χ2v) is 5.94. The van der Waals surface area contributed by atoms with Crippen LogP contribution in [0.15, 0.2) is 29.1 Å². The predicted octanol–water partition coefficient (Wildman–Crippen LogP) is -1.53. The second-order valence-electron chi connectivity index (χ2n) is 5.94. The summed E-state index contributed by atoms with van der Waals surface area (Å²) >= 11 is 0. The average Bonchev–Trinajstić information content (AvgIpc) is 2.55. The van der Waals surface area contributed by atoms with Gasteiger partial charge in [-0.25, -0.2) is 4.68 Å². The topological polar surface area (TPSA) is 51.5 Å². The lowest BCUT2D eigenvalue weighted by atomic mass is 10.0. The van der Waals surface area contributed by atoms with Crippen molar-refractivity contribution in [2.45, 2.75) is 51.6 Å². The molecule has 0 saturated carbocycles. The van der Waals surface area contributed by atoms with Crippen LogP contribution in [0.25, 0.3) is 10.8 Å². The Hall–Kier alpha value is -1.39. The number of fused-ring (bicyclic) bond motifs is 1. The highest BCUT2D eigenvalue weighted by molar-refractivity contribution is 5.83. The van der Waals surface area contributed by atoms with Crippen LogP contribution in [0, 0.1) is 0 Å². The molecule has 2 N–H and O–H groups in total. The fourth-order valence-electron chi connectivity index (χ4n) is 3.29. The minimum absolute atomic E-state index is 0. The van der Waals surface area contributed by atoms with Gasteiger partial charge >= 0.3 is 0 Å². The number of piperidine rings is 1. The van der Waals surface area contributed by atoms with E-state index in [9.17, 15) is 4.79 Å². The Morgan fingerprint density at radius 1 is 1.27 bits per heavy atom. The summed E-state index contributed by atoms with van der Waals surface area (Å²) in [6.45, 7) is 4.06. The zero-order chi connectivity index (χ0) is 14.7. The van der Waals surface area contributed by atoms with Gasteiger partial charge in [-0.05, 0) is 31.7 Å². The third kappa shape index (κ3) is 3.50. The van der Waals surface area contributed by atoms with Crippen molar-refractivity contribution in [2.75, 3.05) is 6.54 Å². The molecule has 0 spiro atoms. The highest BCUT2D eigenvalue weighted by Crippen LogP contribution is 2.14. The summed E-state index contributed by atoms with van der Waals surface area (Å²) in [6.07, 6.45) is 5.81. The summed E-state index contributed by atoms with van der Waals surface area (Å²) < 4.78 is 1.68. The summed E-state index contributed by atoms with van der Waals surface area (Å²) in [5, 5.41) is 8.83. The van der Waals surface area contributed by atoms with Gasteiger partial charge in [0.05, 0.1) is 30.2 Å². The van der Waals surface area contributed by atoms with Crippen LogP contribution in [0.2, 0.25) is 0 Å². The molecule has 4 nitrogen and oxygen atoms in total. The maximum Gasteiger partial charge on any atom is 0.274 e. The van der Waals surface area contributed by atoms with Gasteiger partial charge in [0.2, 0.25) is 0 Å². The minimum Gasteiger partial charge on any atom is -1.00 e. The molecule has 0 amide bonds. The molecular weight excluding hydrogens is 298 g/mol. The first kappa shape index (κ1) is 17.0. The van der Waals surface area contributed by atoms with E-state index in [4.69, 9.17) is 0 Å². The normalized spacial score (nSPS) is 18.1. The molecule has 3 rings (SSSR count). The summed E-state index contributed by atoms with van der Waals surface area (Å²) in [7, 11) is 0. The van der Waals surface area contributed by atoms with E-state index in [0.29, 0.717) is 6.04 Å². The van der Waals surface area contributed by atoms with Gasteiger partial charge in [-0.3, -0.25) is 4.79 Å². The van der Waals surface area contributed by atoms with Crippen molar-refractivity contribution in [3.8, 4) is 0 Å². The quantitative estimate of drug-likeness (QED) is 0.743. The maximum absolute atomic E-state index is 12.6. The van der Waals surface area contributed by atoms with Crippen molar-refractivity contribution in [3.05, 3.63) is 40.3 Å². The fraction of sp³-hybridized carbons (Fsp3) is 0.529. The van der Waals surface area contributed by atoms with Gasteiger partial charge in [0.25, 0.3) is 5.56 Å². The number of nitrogens with two attached hydrogens (primary N) is 1. The third-order valence-corrected chi connectivity index (χ3v) is 4.52. The highest BCUT2D eigenvalue weighted by Gasteiger charge is 2.17. The number of hydrogen-bond donors (Lipinski definition) is 1. The summed E-state index contributed by atoms with van der Waals surface area (Å²) in [5.74, 6) is 0. The third-order valence-electron chi connectivity index (χ3n) is 4.52. The first-order chi connectivity index (χ1) is 10.3. The molecule has 1 saturated heterocycles. The van der Waals surface area contributed by atoms with Crippen LogP contribution >= 0.6 is 0 Å². The van der Waals surface area contributed by atoms with E-state index in [0.717, 1.165) is 35.9 Å². The Bertz CT molecular complexity index is 677. The van der Waals surface area contributed by atoms with Gasteiger partial charge in [0.1, 0.15) is 0 Å². The van der Waals surface area contributed by atoms with Crippen LogP contribution in [-0.2, 0) is 13.0 Å². The van der Waals surface area contributed by atoms with E-state index in [1.807, 2.05) is 24.3 Å². The number of aromatic nitrogens is 2. The lowest BCUT2D eigenvalue weighted by Crippen LogP contribution is -3.00. The van der Waals surface area contributed by atoms with Gasteiger partial charge in [0, 0.05) is 11.8 Å². The predicted molar refractivity (Wildman–Crippen MR) is 84.4 cm³/mol. The molecule has 1 unspecified atom stereocenters. The van der Waals surface area contributed by atoms with Gasteiger partial charge in [-0.15, -0.1) is 0 Å². The van der Waals surface area contributed by atoms with E-state index < -0.39 is 0 Å². The number of aryl methyl sites for hydroxylation is 2. The largest absolute Gasteiger partial charge is 1.00 e. The first-order valence-electron chi connectivity index (χ1n) is 8.11. The molecular formula is C17H24ClN3O. The minimum atomic E-state index is 0. The standard InChI is InChI=1S/C17H23N3O.ClH/c1-2-16-14-8-3-4-9-15(14)17(21)20(19-16)12-10-13-7-5-6-11-18-13;/h3-4,8-9,13,18H,2,5-7,10-12H2,1H3;1H. The van der Waals surface area contributed by atoms with Gasteiger partial charge in [0.15, 0.2) is 0 Å². The number of nitrogens with zero attached hydrogens (tertiary/aromatic N) is 2. The first-order valence-corrected chi connectivity index (χ1v) is 8.11. The van der Waals surface area contributed by atoms with Crippen LogP contribution in [0.5, 0.6) is 0 Å². The molecule has 2 heterocycles. The lowest BCUT2D eigenvalue weighted by molar-refractivity contribution is -0.698. The van der Waals surface area contributed by atoms with E-state index in [2.05, 4.69) is 17.3 Å². The molecule has 5 heteroatoms. The van der Waals surface area contributed by atoms with E-state index in [1.54, 1.807) is 4.68 Å². The van der Waals surface area contributed by atoms with E-state index in [-0.39, 0.29) is 18.0 Å². The summed E-state index contributed by atoms with van der Waals surface area (Å²) in [6, 6.07) is 8.49. The summed E-state index contributed by atoms with van der Waals surface area (Å²) in [5.41, 5.74) is 1.08. The molecule has 0 bridgehead atoms. The fourth-order valence-corrected chi connectivity index (χ4v) is 3.29. The molecule has 0 radical (unpaired) electrons. The van der Waals surface area contributed by atoms with Crippen LogP contribution < -0.4 is 23.3 Å². The molecule has 1 aliphatic rings. The van der Waals surface area contributed by atoms with Gasteiger partial charge in [-0.1, -0.05) is 25.1 Å². The number of benzene rings is 1. The Labute approximate surface area is 137 Å². The smallest absolute Gasteiger partial charge is 0.274 e. The van der Waals surface area contributed by atoms with Crippen molar-refractivity contribution < 1.29 is 17.7 Å². The number of halogens is 1. The van der Waals surface area contributed by atoms with Crippen LogP contribution in [-0.4, -0.2) is 22.4 Å². The van der Waals surface area contributed by atoms with Crippen molar-refractivity contribution in [1.29, 1.82) is 0 Å². The Kier molecular flexibility index (Phi) is 5.98. The van der Waals surface area contributed by atoms with Crippen molar-refractivity contribution in [3.63, 3.8) is 0 Å². The molecule has 120 valence electrons. The van der Waals surface area contributed by atoms with Crippen LogP contribution in [0.3, 0.4) is 0 Å². The van der Waals surface area contributed by atoms with Crippen LogP contribution in [0.4, 0.5) is 0 Å². The Morgan fingerprint density at radius 2 is 2.05 bits per heavy atom. The van der Waals surface area contributed by atoms with E-state index in [1.165, 1.54) is 25.8 Å². The SMILES string of the molecule is CCc1nn(CCC2CCCC[NH2+]2)c(=O)c2ccccc12.[Cl-]. The van der Waals surface area contributed by atoms with Crippen molar-refractivity contribution in [1.82, 2.24) is 9.78 Å². The van der Waals surface area contributed by atoms with E-state index >= 15 is 0 Å². The molecule has 22 heavy (non-hydrogen) atoms. The molecule has 1 aromatic carbocycles. The zero-order valence-corrected chi connectivity index (χ0v) is 13.9. The van der Waals surface area contributed by atoms with Crippen LogP contribution in [0.1, 0.15) is 38.3 Å². The molecule has 2 aromatic rings. The average molecular weight is 322 g/mol. The maximum atomic E-state index is 12.6. The highest BCUT2D eigenvalue weighted by atomic mass is 35.5. The van der Waals surface area contributed by atoms with Crippen molar-refractivity contribution >= 4 is 10.8 Å². The number of hydrogen-bond acceptors (Lipinski definition) is 2. The molecule has 1 atom stereocenters. The molecule has 1 aromatic heterocycles. The van der Waals surface area contributed by atoms with Gasteiger partial charge in [-0.2, -0.15) is 5.10 Å². The van der Waals surface area contributed by atoms with Crippen molar-refractivity contribution in [2.24, 2.45) is 0 Å². The Morgan fingerprint density at radius 3 is 2.73 bits per heavy atom. The number of rotatable bonds is 4. The zero-order valence-electron chi connectivity index (χ0n) is 13.1. The Balaban J connectivity index is 0.00000176. The lowest BCUT2D eigenvalue weighted by Gasteiger charge is -2.20. The number of quaternary nitrogens is 1. The monoisotopic (exact) mass is 321 g/mol. The second kappa shape index (κ2) is 7.75. The molecule has 1 fully saturated rings. The molecule has 1 aliphatic heterocycles. The van der Waals surface area contributed by atoms with Gasteiger partial charge < -0.3 is 17.7 Å². The molecule has 0 aliphatic carbocycles.